The summed E-state index contributed by atoms with van der Waals surface area (Å²) in [5, 5.41) is 16.0. The molecule has 1 unspecified atom stereocenters. The predicted octanol–water partition coefficient (Wildman–Crippen LogP) is 3.67. The number of fused-ring (bicyclic) bond motifs is 1. The number of carbonyl (C=O) groups is 1. The van der Waals surface area contributed by atoms with Gasteiger partial charge in [-0.2, -0.15) is 4.52 Å². The first-order valence-electron chi connectivity index (χ1n) is 13.6. The van der Waals surface area contributed by atoms with E-state index in [4.69, 9.17) is 9.47 Å². The molecule has 3 aromatic heterocycles. The smallest absolute Gasteiger partial charge is 0.231 e. The first-order valence-corrected chi connectivity index (χ1v) is 13.6. The highest BCUT2D eigenvalue weighted by Gasteiger charge is 2.26. The number of nitrogens with one attached hydrogen (secondary N) is 1. The second kappa shape index (κ2) is 12.0. The van der Waals surface area contributed by atoms with Gasteiger partial charge in [-0.05, 0) is 43.2 Å². The summed E-state index contributed by atoms with van der Waals surface area (Å²) in [5.74, 6) is 2.56. The van der Waals surface area contributed by atoms with Crippen molar-refractivity contribution in [3.63, 3.8) is 0 Å². The molecule has 1 atom stereocenters. The largest absolute Gasteiger partial charge is 0.497 e. The molecule has 0 bridgehead atoms. The third kappa shape index (κ3) is 5.93. The van der Waals surface area contributed by atoms with Crippen molar-refractivity contribution < 1.29 is 14.3 Å². The number of aromatic nitrogens is 6. The van der Waals surface area contributed by atoms with Gasteiger partial charge in [0, 0.05) is 36.3 Å². The Kier molecular flexibility index (Phi) is 7.65. The maximum absolute atomic E-state index is 13.0. The minimum absolute atomic E-state index is 0.0105. The van der Waals surface area contributed by atoms with E-state index in [9.17, 15) is 4.79 Å². The van der Waals surface area contributed by atoms with Crippen molar-refractivity contribution in [1.82, 2.24) is 35.1 Å². The third-order valence-electron chi connectivity index (χ3n) is 7.08. The number of nitrogens with zero attached hydrogens (tertiary/aromatic N) is 7. The molecule has 0 radical (unpaired) electrons. The Morgan fingerprint density at radius 1 is 1.00 bits per heavy atom. The van der Waals surface area contributed by atoms with Crippen LogP contribution < -0.4 is 19.7 Å². The lowest BCUT2D eigenvalue weighted by molar-refractivity contribution is -0.125. The number of methoxy groups -OCH3 is 1. The van der Waals surface area contributed by atoms with E-state index in [1.165, 1.54) is 0 Å². The fourth-order valence-electron chi connectivity index (χ4n) is 4.93. The summed E-state index contributed by atoms with van der Waals surface area (Å²) in [6.07, 6.45) is 3.31. The first-order chi connectivity index (χ1) is 20.2. The van der Waals surface area contributed by atoms with Crippen molar-refractivity contribution in [2.24, 2.45) is 5.92 Å². The quantitative estimate of drug-likeness (QED) is 0.274. The summed E-state index contributed by atoms with van der Waals surface area (Å²) in [6, 6.07) is 23.0. The molecule has 4 heterocycles. The fourth-order valence-corrected chi connectivity index (χ4v) is 4.93. The molecular weight excluding hydrogens is 520 g/mol. The summed E-state index contributed by atoms with van der Waals surface area (Å²) >= 11 is 0. The molecule has 0 spiro atoms. The maximum atomic E-state index is 13.0. The van der Waals surface area contributed by atoms with Crippen molar-refractivity contribution in [2.75, 3.05) is 38.3 Å². The Morgan fingerprint density at radius 2 is 1.85 bits per heavy atom. The minimum Gasteiger partial charge on any atom is -0.497 e. The van der Waals surface area contributed by atoms with E-state index < -0.39 is 0 Å². The van der Waals surface area contributed by atoms with Gasteiger partial charge in [-0.25, -0.2) is 9.97 Å². The van der Waals surface area contributed by atoms with E-state index in [-0.39, 0.29) is 11.8 Å². The highest BCUT2D eigenvalue weighted by atomic mass is 16.5. The number of benzene rings is 2. The molecule has 208 valence electrons. The van der Waals surface area contributed by atoms with Crippen molar-refractivity contribution in [1.29, 1.82) is 0 Å². The average Bonchev–Trinajstić information content (AvgIpc) is 3.47. The zero-order chi connectivity index (χ0) is 28.0. The fraction of sp³-hybridized carbons (Fsp3) is 0.267. The van der Waals surface area contributed by atoms with E-state index in [0.29, 0.717) is 37.0 Å². The van der Waals surface area contributed by atoms with Crippen molar-refractivity contribution in [3.05, 3.63) is 79.1 Å². The van der Waals surface area contributed by atoms with Gasteiger partial charge in [0.1, 0.15) is 24.5 Å². The van der Waals surface area contributed by atoms with Gasteiger partial charge in [0.25, 0.3) is 0 Å². The van der Waals surface area contributed by atoms with Crippen molar-refractivity contribution >= 4 is 17.4 Å². The number of piperidine rings is 1. The van der Waals surface area contributed by atoms with Gasteiger partial charge in [0.15, 0.2) is 11.5 Å². The first kappa shape index (κ1) is 26.2. The number of ether oxygens (including phenoxy) is 2. The Hall–Kier alpha value is -5.06. The molecule has 2 aromatic carbocycles. The average molecular weight is 551 g/mol. The van der Waals surface area contributed by atoms with Crippen molar-refractivity contribution in [3.8, 4) is 34.3 Å². The summed E-state index contributed by atoms with van der Waals surface area (Å²) in [4.78, 5) is 24.1. The number of rotatable bonds is 9. The van der Waals surface area contributed by atoms with E-state index in [0.717, 1.165) is 47.8 Å². The summed E-state index contributed by atoms with van der Waals surface area (Å²) in [5.41, 5.74) is 3.36. The Bertz CT molecular complexity index is 1620. The van der Waals surface area contributed by atoms with Gasteiger partial charge in [0.05, 0.1) is 25.3 Å². The molecule has 1 aliphatic heterocycles. The molecule has 41 heavy (non-hydrogen) atoms. The Balaban J connectivity index is 1.03. The monoisotopic (exact) mass is 550 g/mol. The second-order valence-corrected chi connectivity index (χ2v) is 9.75. The predicted molar refractivity (Wildman–Crippen MR) is 154 cm³/mol. The Morgan fingerprint density at radius 3 is 2.68 bits per heavy atom. The number of hydrogen-bond donors (Lipinski definition) is 1. The molecular formula is C30H30N8O3. The topological polar surface area (TPSA) is 120 Å². The molecule has 1 aliphatic rings. The number of amides is 1. The molecule has 1 amide bonds. The van der Waals surface area contributed by atoms with E-state index >= 15 is 0 Å². The number of anilines is 1. The Labute approximate surface area is 237 Å². The maximum Gasteiger partial charge on any atom is 0.231 e. The molecule has 1 saturated heterocycles. The van der Waals surface area contributed by atoms with E-state index in [2.05, 4.69) is 35.5 Å². The summed E-state index contributed by atoms with van der Waals surface area (Å²) < 4.78 is 12.7. The molecule has 5 aromatic rings. The lowest BCUT2D eigenvalue weighted by Crippen LogP contribution is -2.44. The SMILES string of the molecule is COc1ccc(-c2cc(N3CCCC(C(=O)NCCOc4ccc5nnc(-c6ccccc6)n5n4)C3)ncn2)cc1. The molecule has 0 aliphatic carbocycles. The van der Waals surface area contributed by atoms with E-state index in [1.807, 2.05) is 66.7 Å². The van der Waals surface area contributed by atoms with Crippen LogP contribution in [-0.2, 0) is 4.79 Å². The minimum atomic E-state index is -0.136. The molecule has 11 nitrogen and oxygen atoms in total. The van der Waals surface area contributed by atoms with Crippen LogP contribution >= 0.6 is 0 Å². The standard InChI is InChI=1S/C30H30N8O3/c1-40-24-11-9-21(10-12-24)25-18-27(33-20-32-25)37-16-5-8-23(19-37)30(39)31-15-17-41-28-14-13-26-34-35-29(38(26)36-28)22-6-3-2-4-7-22/h2-4,6-7,9-14,18,20,23H,5,8,15-17,19H2,1H3,(H,31,39). The lowest BCUT2D eigenvalue weighted by Gasteiger charge is -2.33. The summed E-state index contributed by atoms with van der Waals surface area (Å²) in [7, 11) is 1.65. The lowest BCUT2D eigenvalue weighted by atomic mass is 9.97. The van der Waals surface area contributed by atoms with Gasteiger partial charge in [-0.3, -0.25) is 4.79 Å². The van der Waals surface area contributed by atoms with Crippen LogP contribution in [0.5, 0.6) is 11.6 Å². The van der Waals surface area contributed by atoms with Crippen LogP contribution in [0.1, 0.15) is 12.8 Å². The third-order valence-corrected chi connectivity index (χ3v) is 7.08. The highest BCUT2D eigenvalue weighted by Crippen LogP contribution is 2.26. The van der Waals surface area contributed by atoms with Crippen LogP contribution in [0.15, 0.2) is 79.1 Å². The van der Waals surface area contributed by atoms with Crippen LogP contribution in [0.25, 0.3) is 28.3 Å². The van der Waals surface area contributed by atoms with Crippen LogP contribution in [0.4, 0.5) is 5.82 Å². The molecule has 0 saturated carbocycles. The van der Waals surface area contributed by atoms with E-state index in [1.54, 1.807) is 24.0 Å². The molecule has 6 rings (SSSR count). The number of hydrogen-bond acceptors (Lipinski definition) is 9. The van der Waals surface area contributed by atoms with Gasteiger partial charge in [-0.15, -0.1) is 15.3 Å². The molecule has 1 fully saturated rings. The van der Waals surface area contributed by atoms with Gasteiger partial charge < -0.3 is 19.7 Å². The normalized spacial score (nSPS) is 15.0. The van der Waals surface area contributed by atoms with Crippen LogP contribution in [0, 0.1) is 5.92 Å². The van der Waals surface area contributed by atoms with Gasteiger partial charge in [-0.1, -0.05) is 30.3 Å². The summed E-state index contributed by atoms with van der Waals surface area (Å²) in [6.45, 7) is 2.10. The molecule has 11 heteroatoms. The molecule has 1 N–H and O–H groups in total. The van der Waals surface area contributed by atoms with Gasteiger partial charge >= 0.3 is 0 Å². The zero-order valence-corrected chi connectivity index (χ0v) is 22.7. The highest BCUT2D eigenvalue weighted by molar-refractivity contribution is 5.79. The van der Waals surface area contributed by atoms with Crippen LogP contribution in [0.3, 0.4) is 0 Å². The van der Waals surface area contributed by atoms with Crippen molar-refractivity contribution in [2.45, 2.75) is 12.8 Å². The second-order valence-electron chi connectivity index (χ2n) is 9.75. The van der Waals surface area contributed by atoms with Crippen LogP contribution in [-0.4, -0.2) is 69.0 Å². The zero-order valence-electron chi connectivity index (χ0n) is 22.7. The number of carbonyl (C=O) groups excluding carboxylic acids is 1. The van der Waals surface area contributed by atoms with Gasteiger partial charge in [0.2, 0.25) is 11.8 Å². The van der Waals surface area contributed by atoms with Crippen LogP contribution in [0.2, 0.25) is 0 Å².